The summed E-state index contributed by atoms with van der Waals surface area (Å²) < 4.78 is 30.6. The second-order valence-corrected chi connectivity index (χ2v) is 6.53. The monoisotopic (exact) mass is 290 g/mol. The summed E-state index contributed by atoms with van der Waals surface area (Å²) in [6.07, 6.45) is 0. The normalized spacial score (nSPS) is 13.7. The second kappa shape index (κ2) is 6.16. The molecule has 0 aliphatic rings. The Morgan fingerprint density at radius 1 is 1.53 bits per heavy atom. The lowest BCUT2D eigenvalue weighted by molar-refractivity contribution is -0.142. The predicted molar refractivity (Wildman–Crippen MR) is 67.8 cm³/mol. The maximum atomic E-state index is 11.8. The van der Waals surface area contributed by atoms with Crippen LogP contribution in [-0.4, -0.2) is 31.2 Å². The average molecular weight is 290 g/mol. The fourth-order valence-electron chi connectivity index (χ4n) is 1.56. The van der Waals surface area contributed by atoms with Gasteiger partial charge in [0.1, 0.15) is 17.2 Å². The molecule has 0 aliphatic carbocycles. The topological polar surface area (TPSA) is 110 Å². The van der Waals surface area contributed by atoms with Crippen molar-refractivity contribution in [1.82, 2.24) is 9.88 Å². The van der Waals surface area contributed by atoms with E-state index in [9.17, 15) is 13.2 Å². The van der Waals surface area contributed by atoms with E-state index in [2.05, 4.69) is 9.88 Å². The van der Waals surface area contributed by atoms with Crippen molar-refractivity contribution in [2.45, 2.75) is 26.5 Å². The smallest absolute Gasteiger partial charge is 0.308 e. The molecule has 1 atom stereocenters. The Bertz CT molecular complexity index is 535. The molecule has 0 spiro atoms. The highest BCUT2D eigenvalue weighted by Crippen LogP contribution is 2.11. The summed E-state index contributed by atoms with van der Waals surface area (Å²) in [7, 11) is -3.62. The van der Waals surface area contributed by atoms with Gasteiger partial charge in [-0.15, -0.1) is 0 Å². The van der Waals surface area contributed by atoms with Crippen molar-refractivity contribution in [2.75, 3.05) is 6.54 Å². The molecule has 0 radical (unpaired) electrons. The standard InChI is InChI=1S/C11H18N2O5S/c1-7(2)10(11(14)15)5-12-19(16,17)6-9-4-8(3)18-13-9/h4,7,10,12H,5-6H2,1-3H3,(H,14,15). The van der Waals surface area contributed by atoms with Crippen LogP contribution < -0.4 is 4.72 Å². The van der Waals surface area contributed by atoms with E-state index in [0.29, 0.717) is 11.5 Å². The van der Waals surface area contributed by atoms with Crippen LogP contribution >= 0.6 is 0 Å². The number of hydrogen-bond acceptors (Lipinski definition) is 5. The lowest BCUT2D eigenvalue weighted by Gasteiger charge is -2.16. The minimum Gasteiger partial charge on any atom is -0.481 e. The van der Waals surface area contributed by atoms with Gasteiger partial charge in [0.25, 0.3) is 0 Å². The van der Waals surface area contributed by atoms with Gasteiger partial charge in [0, 0.05) is 12.6 Å². The van der Waals surface area contributed by atoms with Crippen molar-refractivity contribution in [2.24, 2.45) is 11.8 Å². The van der Waals surface area contributed by atoms with Gasteiger partial charge >= 0.3 is 5.97 Å². The Balaban J connectivity index is 2.62. The molecule has 8 heteroatoms. The first-order valence-electron chi connectivity index (χ1n) is 5.83. The first-order valence-corrected chi connectivity index (χ1v) is 7.49. The first kappa shape index (κ1) is 15.6. The molecule has 0 amide bonds. The highest BCUT2D eigenvalue weighted by Gasteiger charge is 2.24. The number of carbonyl (C=O) groups is 1. The van der Waals surface area contributed by atoms with Crippen LogP contribution in [0.4, 0.5) is 0 Å². The van der Waals surface area contributed by atoms with Gasteiger partial charge in [0.15, 0.2) is 0 Å². The van der Waals surface area contributed by atoms with Crippen LogP contribution in [0.5, 0.6) is 0 Å². The number of sulfonamides is 1. The molecule has 0 saturated heterocycles. The van der Waals surface area contributed by atoms with E-state index in [1.807, 2.05) is 0 Å². The number of carboxylic acid groups (broad SMARTS) is 1. The van der Waals surface area contributed by atoms with E-state index in [1.165, 1.54) is 6.07 Å². The van der Waals surface area contributed by atoms with E-state index in [0.717, 1.165) is 0 Å². The van der Waals surface area contributed by atoms with Crippen molar-refractivity contribution in [3.8, 4) is 0 Å². The number of aliphatic carboxylic acids is 1. The Morgan fingerprint density at radius 3 is 2.58 bits per heavy atom. The van der Waals surface area contributed by atoms with Crippen LogP contribution in [0.1, 0.15) is 25.3 Å². The number of carboxylic acids is 1. The number of aryl methyl sites for hydroxylation is 1. The second-order valence-electron chi connectivity index (χ2n) is 4.73. The molecule has 0 saturated carbocycles. The molecule has 19 heavy (non-hydrogen) atoms. The minimum atomic E-state index is -3.62. The lowest BCUT2D eigenvalue weighted by atomic mass is 9.97. The molecule has 1 heterocycles. The van der Waals surface area contributed by atoms with Gasteiger partial charge < -0.3 is 9.63 Å². The van der Waals surface area contributed by atoms with Crippen LogP contribution in [0.15, 0.2) is 10.6 Å². The summed E-state index contributed by atoms with van der Waals surface area (Å²) in [5, 5.41) is 12.6. The zero-order chi connectivity index (χ0) is 14.6. The van der Waals surface area contributed by atoms with Crippen molar-refractivity contribution < 1.29 is 22.8 Å². The third kappa shape index (κ3) is 4.99. The van der Waals surface area contributed by atoms with Crippen molar-refractivity contribution >= 4 is 16.0 Å². The summed E-state index contributed by atoms with van der Waals surface area (Å²) >= 11 is 0. The third-order valence-corrected chi connectivity index (χ3v) is 3.94. The van der Waals surface area contributed by atoms with Gasteiger partial charge in [-0.2, -0.15) is 0 Å². The van der Waals surface area contributed by atoms with E-state index in [1.54, 1.807) is 20.8 Å². The molecule has 1 rings (SSSR count). The van der Waals surface area contributed by atoms with Crippen LogP contribution in [0.25, 0.3) is 0 Å². The quantitative estimate of drug-likeness (QED) is 0.767. The molecule has 0 aromatic carbocycles. The van der Waals surface area contributed by atoms with Gasteiger partial charge in [0.2, 0.25) is 10.0 Å². The molecule has 1 unspecified atom stereocenters. The minimum absolute atomic E-state index is 0.133. The first-order chi connectivity index (χ1) is 8.71. The molecule has 1 aromatic rings. The number of rotatable bonds is 7. The molecule has 0 aliphatic heterocycles. The molecule has 0 bridgehead atoms. The number of nitrogens with one attached hydrogen (secondary N) is 1. The molecule has 1 aromatic heterocycles. The Morgan fingerprint density at radius 2 is 2.16 bits per heavy atom. The summed E-state index contributed by atoms with van der Waals surface area (Å²) in [5.74, 6) is -1.73. The highest BCUT2D eigenvalue weighted by molar-refractivity contribution is 7.88. The number of aromatic nitrogens is 1. The molecular formula is C11H18N2O5S. The molecule has 2 N–H and O–H groups in total. The summed E-state index contributed by atoms with van der Waals surface area (Å²) in [6.45, 7) is 4.99. The molecule has 0 fully saturated rings. The SMILES string of the molecule is Cc1cc(CS(=O)(=O)NCC(C(=O)O)C(C)C)no1. The predicted octanol–water partition coefficient (Wildman–Crippen LogP) is 0.759. The van der Waals surface area contributed by atoms with Gasteiger partial charge in [-0.3, -0.25) is 4.79 Å². The summed E-state index contributed by atoms with van der Waals surface area (Å²) in [4.78, 5) is 11.0. The van der Waals surface area contributed by atoms with E-state index in [4.69, 9.17) is 9.63 Å². The summed E-state index contributed by atoms with van der Waals surface area (Å²) in [5.41, 5.74) is 0.293. The van der Waals surface area contributed by atoms with Gasteiger partial charge in [-0.25, -0.2) is 13.1 Å². The van der Waals surface area contributed by atoms with E-state index in [-0.39, 0.29) is 18.2 Å². The van der Waals surface area contributed by atoms with Crippen molar-refractivity contribution in [3.05, 3.63) is 17.5 Å². The third-order valence-electron chi connectivity index (χ3n) is 2.66. The zero-order valence-corrected chi connectivity index (χ0v) is 11.9. The fraction of sp³-hybridized carbons (Fsp3) is 0.636. The Kier molecular flexibility index (Phi) is 5.07. The average Bonchev–Trinajstić information content (AvgIpc) is 2.61. The van der Waals surface area contributed by atoms with Gasteiger partial charge in [0.05, 0.1) is 5.92 Å². The van der Waals surface area contributed by atoms with E-state index < -0.39 is 21.9 Å². The maximum Gasteiger partial charge on any atom is 0.308 e. The fourth-order valence-corrected chi connectivity index (χ4v) is 2.62. The summed E-state index contributed by atoms with van der Waals surface area (Å²) in [6, 6.07) is 1.52. The van der Waals surface area contributed by atoms with Crippen LogP contribution in [0.2, 0.25) is 0 Å². The van der Waals surface area contributed by atoms with E-state index >= 15 is 0 Å². The number of nitrogens with zero attached hydrogens (tertiary/aromatic N) is 1. The molecule has 7 nitrogen and oxygen atoms in total. The van der Waals surface area contributed by atoms with Gasteiger partial charge in [-0.1, -0.05) is 19.0 Å². The Hall–Kier alpha value is -1.41. The van der Waals surface area contributed by atoms with Crippen molar-refractivity contribution in [1.29, 1.82) is 0 Å². The lowest BCUT2D eigenvalue weighted by Crippen LogP contribution is -2.36. The molecular weight excluding hydrogens is 272 g/mol. The maximum absolute atomic E-state index is 11.8. The molecule has 108 valence electrons. The van der Waals surface area contributed by atoms with Crippen LogP contribution in [-0.2, 0) is 20.6 Å². The number of hydrogen-bond donors (Lipinski definition) is 2. The van der Waals surface area contributed by atoms with Crippen LogP contribution in [0, 0.1) is 18.8 Å². The Labute approximate surface area is 112 Å². The zero-order valence-electron chi connectivity index (χ0n) is 11.1. The highest BCUT2D eigenvalue weighted by atomic mass is 32.2. The van der Waals surface area contributed by atoms with Crippen molar-refractivity contribution in [3.63, 3.8) is 0 Å². The van der Waals surface area contributed by atoms with Crippen LogP contribution in [0.3, 0.4) is 0 Å². The largest absolute Gasteiger partial charge is 0.481 e. The van der Waals surface area contributed by atoms with Gasteiger partial charge in [-0.05, 0) is 12.8 Å².